The van der Waals surface area contributed by atoms with Crippen LogP contribution in [0.25, 0.3) is 86.6 Å². The van der Waals surface area contributed by atoms with Crippen molar-refractivity contribution in [3.05, 3.63) is 237 Å². The molecule has 0 radical (unpaired) electrons. The van der Waals surface area contributed by atoms with E-state index in [0.29, 0.717) is 0 Å². The van der Waals surface area contributed by atoms with E-state index in [1.54, 1.807) is 0 Å². The van der Waals surface area contributed by atoms with E-state index >= 15 is 0 Å². The maximum Gasteiger partial charge on any atom is 0.0476 e. The quantitative estimate of drug-likeness (QED) is 0.148. The van der Waals surface area contributed by atoms with Gasteiger partial charge in [-0.05, 0) is 115 Å². The molecule has 282 valence electrons. The van der Waals surface area contributed by atoms with Crippen molar-refractivity contribution in [2.75, 3.05) is 4.90 Å². The van der Waals surface area contributed by atoms with Crippen LogP contribution in [0.1, 0.15) is 0 Å². The zero-order valence-electron chi connectivity index (χ0n) is 32.9. The zero-order chi connectivity index (χ0) is 39.8. The highest BCUT2D eigenvalue weighted by atomic mass is 32.1. The molecule has 0 spiro atoms. The summed E-state index contributed by atoms with van der Waals surface area (Å²) in [5.74, 6) is 0. The number of nitrogens with zero attached hydrogens (tertiary/aromatic N) is 1. The minimum absolute atomic E-state index is 1.11. The number of thiophene rings is 1. The number of anilines is 3. The van der Waals surface area contributed by atoms with Crippen molar-refractivity contribution in [1.29, 1.82) is 0 Å². The molecule has 1 heterocycles. The summed E-state index contributed by atoms with van der Waals surface area (Å²) in [6.45, 7) is 0. The largest absolute Gasteiger partial charge is 0.310 e. The fourth-order valence-corrected chi connectivity index (χ4v) is 9.94. The molecule has 1 nitrogen and oxygen atoms in total. The van der Waals surface area contributed by atoms with Crippen LogP contribution in [-0.2, 0) is 0 Å². The van der Waals surface area contributed by atoms with Gasteiger partial charge in [-0.2, -0.15) is 0 Å². The molecule has 0 aliphatic heterocycles. The van der Waals surface area contributed by atoms with Crippen molar-refractivity contribution in [3.63, 3.8) is 0 Å². The normalized spacial score (nSPS) is 11.3. The van der Waals surface area contributed by atoms with Crippen molar-refractivity contribution in [1.82, 2.24) is 0 Å². The fraction of sp³-hybridized carbons (Fsp3) is 0. The molecule has 1 aromatic heterocycles. The van der Waals surface area contributed by atoms with Gasteiger partial charge in [-0.25, -0.2) is 0 Å². The number of fused-ring (bicyclic) bond motifs is 4. The first kappa shape index (κ1) is 35.6. The van der Waals surface area contributed by atoms with Gasteiger partial charge < -0.3 is 4.90 Å². The minimum Gasteiger partial charge on any atom is -0.310 e. The zero-order valence-corrected chi connectivity index (χ0v) is 33.7. The van der Waals surface area contributed by atoms with Crippen LogP contribution in [0.2, 0.25) is 0 Å². The van der Waals surface area contributed by atoms with Crippen LogP contribution < -0.4 is 4.90 Å². The topological polar surface area (TPSA) is 3.24 Å². The van der Waals surface area contributed by atoms with Gasteiger partial charge in [0.15, 0.2) is 0 Å². The van der Waals surface area contributed by atoms with Gasteiger partial charge >= 0.3 is 0 Å². The number of hydrogen-bond acceptors (Lipinski definition) is 2. The average molecular weight is 782 g/mol. The molecule has 10 aromatic carbocycles. The van der Waals surface area contributed by atoms with Gasteiger partial charge in [-0.1, -0.05) is 188 Å². The third-order valence-corrected chi connectivity index (χ3v) is 12.8. The molecule has 0 N–H and O–H groups in total. The Labute approximate surface area is 354 Å². The van der Waals surface area contributed by atoms with E-state index in [1.165, 1.54) is 86.6 Å². The SMILES string of the molecule is c1ccc(-c2ccccc2-c2cccc(-c3ccc(N(c4ccc(-c5cccc6cccc(-c7ccccc7)c56)cc4)c4ccc5c(c4)sc4ccccc45)cc3)c2)cc1. The fourth-order valence-electron chi connectivity index (χ4n) is 8.80. The lowest BCUT2D eigenvalue weighted by atomic mass is 9.91. The highest BCUT2D eigenvalue weighted by Gasteiger charge is 2.17. The predicted molar refractivity (Wildman–Crippen MR) is 259 cm³/mol. The molecule has 0 aliphatic carbocycles. The molecule has 11 rings (SSSR count). The van der Waals surface area contributed by atoms with Crippen LogP contribution in [-0.4, -0.2) is 0 Å². The van der Waals surface area contributed by atoms with Crippen molar-refractivity contribution >= 4 is 59.3 Å². The average Bonchev–Trinajstić information content (AvgIpc) is 3.70. The standard InChI is InChI=1S/C58H39NS/c1-3-14-41(15-4-1)50-22-7-8-23-51(50)46-21-11-20-45(38-46)40-28-32-47(33-29-40)59(49-36-37-55-54-24-9-10-27-56(54)60-57(55)39-49)48-34-30-43(31-35-48)53-26-13-19-44-18-12-25-52(58(44)53)42-16-5-2-6-17-42/h1-39H. The molecule has 0 aliphatic rings. The Hall–Kier alpha value is -7.52. The summed E-state index contributed by atoms with van der Waals surface area (Å²) in [5.41, 5.74) is 15.5. The Balaban J connectivity index is 0.991. The van der Waals surface area contributed by atoms with Gasteiger partial charge in [0.2, 0.25) is 0 Å². The third kappa shape index (κ3) is 6.54. The lowest BCUT2D eigenvalue weighted by Gasteiger charge is -2.26. The second-order valence-electron chi connectivity index (χ2n) is 15.3. The number of hydrogen-bond donors (Lipinski definition) is 0. The van der Waals surface area contributed by atoms with Gasteiger partial charge in [0.25, 0.3) is 0 Å². The van der Waals surface area contributed by atoms with E-state index in [1.807, 2.05) is 11.3 Å². The van der Waals surface area contributed by atoms with Crippen molar-refractivity contribution < 1.29 is 0 Å². The van der Waals surface area contributed by atoms with Crippen LogP contribution in [0.5, 0.6) is 0 Å². The molecule has 60 heavy (non-hydrogen) atoms. The summed E-state index contributed by atoms with van der Waals surface area (Å²) in [5, 5.41) is 5.11. The Morgan fingerprint density at radius 2 is 0.733 bits per heavy atom. The van der Waals surface area contributed by atoms with Crippen molar-refractivity contribution in [2.45, 2.75) is 0 Å². The Bertz CT molecular complexity index is 3290. The van der Waals surface area contributed by atoms with Crippen LogP contribution in [0.3, 0.4) is 0 Å². The summed E-state index contributed by atoms with van der Waals surface area (Å²) in [6.07, 6.45) is 0. The van der Waals surface area contributed by atoms with E-state index in [9.17, 15) is 0 Å². The first-order valence-corrected chi connectivity index (χ1v) is 21.3. The van der Waals surface area contributed by atoms with Crippen molar-refractivity contribution in [2.24, 2.45) is 0 Å². The maximum absolute atomic E-state index is 2.39. The highest BCUT2D eigenvalue weighted by molar-refractivity contribution is 7.25. The van der Waals surface area contributed by atoms with Crippen LogP contribution in [0.4, 0.5) is 17.1 Å². The highest BCUT2D eigenvalue weighted by Crippen LogP contribution is 2.43. The molecule has 0 unspecified atom stereocenters. The van der Waals surface area contributed by atoms with E-state index in [-0.39, 0.29) is 0 Å². The maximum atomic E-state index is 2.39. The smallest absolute Gasteiger partial charge is 0.0476 e. The monoisotopic (exact) mass is 781 g/mol. The summed E-state index contributed by atoms with van der Waals surface area (Å²) in [4.78, 5) is 2.39. The first-order valence-electron chi connectivity index (χ1n) is 20.5. The molecule has 0 bridgehead atoms. The molecule has 2 heteroatoms. The molecule has 0 amide bonds. The van der Waals surface area contributed by atoms with Gasteiger partial charge in [0.1, 0.15) is 0 Å². The number of rotatable bonds is 8. The van der Waals surface area contributed by atoms with Crippen LogP contribution in [0, 0.1) is 0 Å². The summed E-state index contributed by atoms with van der Waals surface area (Å²) >= 11 is 1.86. The van der Waals surface area contributed by atoms with Gasteiger partial charge in [-0.3, -0.25) is 0 Å². The molecule has 11 aromatic rings. The molecule has 0 atom stereocenters. The summed E-state index contributed by atoms with van der Waals surface area (Å²) in [7, 11) is 0. The first-order chi connectivity index (χ1) is 29.7. The molecule has 0 saturated heterocycles. The van der Waals surface area contributed by atoms with Crippen molar-refractivity contribution in [3.8, 4) is 55.6 Å². The van der Waals surface area contributed by atoms with Gasteiger partial charge in [0, 0.05) is 37.2 Å². The van der Waals surface area contributed by atoms with Crippen LogP contribution >= 0.6 is 11.3 Å². The van der Waals surface area contributed by atoms with E-state index < -0.39 is 0 Å². The second kappa shape index (κ2) is 15.3. The minimum atomic E-state index is 1.11. The van der Waals surface area contributed by atoms with Gasteiger partial charge in [-0.15, -0.1) is 11.3 Å². The molecular formula is C58H39NS. The van der Waals surface area contributed by atoms with E-state index in [4.69, 9.17) is 0 Å². The second-order valence-corrected chi connectivity index (χ2v) is 16.4. The number of benzene rings is 10. The Morgan fingerprint density at radius 3 is 1.42 bits per heavy atom. The Kier molecular flexibility index (Phi) is 9.11. The summed E-state index contributed by atoms with van der Waals surface area (Å²) in [6, 6.07) is 86.1. The Morgan fingerprint density at radius 1 is 0.267 bits per heavy atom. The lowest BCUT2D eigenvalue weighted by Crippen LogP contribution is -2.09. The molecule has 0 fully saturated rings. The van der Waals surface area contributed by atoms with E-state index in [0.717, 1.165) is 17.1 Å². The van der Waals surface area contributed by atoms with Gasteiger partial charge in [0.05, 0.1) is 0 Å². The summed E-state index contributed by atoms with van der Waals surface area (Å²) < 4.78 is 2.59. The van der Waals surface area contributed by atoms with Crippen LogP contribution in [0.15, 0.2) is 237 Å². The third-order valence-electron chi connectivity index (χ3n) is 11.7. The van der Waals surface area contributed by atoms with E-state index in [2.05, 4.69) is 241 Å². The predicted octanol–water partition coefficient (Wildman–Crippen LogP) is 17.0. The lowest BCUT2D eigenvalue weighted by molar-refractivity contribution is 1.29. The molecule has 0 saturated carbocycles. The molecular weight excluding hydrogens is 743 g/mol.